The fourth-order valence-corrected chi connectivity index (χ4v) is 4.02. The highest BCUT2D eigenvalue weighted by Gasteiger charge is 2.29. The monoisotopic (exact) mass is 356 g/mol. The quantitative estimate of drug-likeness (QED) is 0.293. The lowest BCUT2D eigenvalue weighted by Crippen LogP contribution is -2.35. The summed E-state index contributed by atoms with van der Waals surface area (Å²) >= 11 is 2.86. The molecule has 1 aromatic heterocycles. The topological polar surface area (TPSA) is 76.6 Å². The Kier molecular flexibility index (Phi) is 7.04. The number of carbonyl (C=O) groups excluding carboxylic acids is 3. The number of likely N-dealkylation sites (tertiary alicyclic amines) is 1. The molecule has 0 aliphatic carbocycles. The van der Waals surface area contributed by atoms with Gasteiger partial charge in [-0.2, -0.15) is 0 Å². The van der Waals surface area contributed by atoms with Crippen LogP contribution in [0.4, 0.5) is 0 Å². The third-order valence-electron chi connectivity index (χ3n) is 3.51. The van der Waals surface area contributed by atoms with E-state index in [-0.39, 0.29) is 11.9 Å². The SMILES string of the molecule is CCCCOC(=O)c1csc(SCCN2C(=O)CC[C@@H]2C=O)n1. The summed E-state index contributed by atoms with van der Waals surface area (Å²) in [6.07, 6.45) is 3.71. The number of hydrogen-bond acceptors (Lipinski definition) is 7. The van der Waals surface area contributed by atoms with Crippen LogP contribution in [0.15, 0.2) is 9.72 Å². The van der Waals surface area contributed by atoms with Crippen molar-refractivity contribution in [2.75, 3.05) is 18.9 Å². The maximum absolute atomic E-state index is 11.8. The molecule has 0 bridgehead atoms. The molecule has 1 fully saturated rings. The number of hydrogen-bond donors (Lipinski definition) is 0. The van der Waals surface area contributed by atoms with Crippen molar-refractivity contribution in [1.29, 1.82) is 0 Å². The maximum Gasteiger partial charge on any atom is 0.357 e. The molecule has 1 aliphatic heterocycles. The number of ether oxygens (including phenoxy) is 1. The second-order valence-electron chi connectivity index (χ2n) is 5.17. The number of carbonyl (C=O) groups is 3. The van der Waals surface area contributed by atoms with Gasteiger partial charge in [0.25, 0.3) is 0 Å². The molecule has 0 saturated carbocycles. The lowest BCUT2D eigenvalue weighted by Gasteiger charge is -2.19. The van der Waals surface area contributed by atoms with Crippen molar-refractivity contribution >= 4 is 41.3 Å². The van der Waals surface area contributed by atoms with Gasteiger partial charge in [0.15, 0.2) is 10.0 Å². The number of nitrogens with zero attached hydrogens (tertiary/aromatic N) is 2. The van der Waals surface area contributed by atoms with Crippen molar-refractivity contribution < 1.29 is 19.1 Å². The van der Waals surface area contributed by atoms with E-state index in [0.29, 0.717) is 37.4 Å². The average Bonchev–Trinajstić information content (AvgIpc) is 3.15. The Morgan fingerprint density at radius 2 is 2.43 bits per heavy atom. The lowest BCUT2D eigenvalue weighted by atomic mass is 10.2. The van der Waals surface area contributed by atoms with Crippen molar-refractivity contribution in [3.05, 3.63) is 11.1 Å². The van der Waals surface area contributed by atoms with Crippen molar-refractivity contribution in [2.45, 2.75) is 43.0 Å². The molecule has 8 heteroatoms. The third kappa shape index (κ3) is 5.04. The fraction of sp³-hybridized carbons (Fsp3) is 0.600. The summed E-state index contributed by atoms with van der Waals surface area (Å²) in [5, 5.41) is 1.69. The van der Waals surface area contributed by atoms with Gasteiger partial charge < -0.3 is 14.4 Å². The second kappa shape index (κ2) is 9.02. The lowest BCUT2D eigenvalue weighted by molar-refractivity contribution is -0.130. The molecule has 0 radical (unpaired) electrons. The molecule has 126 valence electrons. The maximum atomic E-state index is 11.8. The number of unbranched alkanes of at least 4 members (excludes halogenated alkanes) is 1. The first-order valence-corrected chi connectivity index (χ1v) is 9.52. The van der Waals surface area contributed by atoms with Gasteiger partial charge in [0.1, 0.15) is 6.29 Å². The highest BCUT2D eigenvalue weighted by molar-refractivity contribution is 8.01. The smallest absolute Gasteiger partial charge is 0.357 e. The molecule has 0 spiro atoms. The zero-order valence-electron chi connectivity index (χ0n) is 13.0. The molecular formula is C15H20N2O4S2. The Balaban J connectivity index is 1.77. The van der Waals surface area contributed by atoms with E-state index < -0.39 is 5.97 Å². The van der Waals surface area contributed by atoms with Crippen LogP contribution in [0, 0.1) is 0 Å². The van der Waals surface area contributed by atoms with Gasteiger partial charge in [0.05, 0.1) is 12.6 Å². The van der Waals surface area contributed by atoms with Crippen molar-refractivity contribution in [3.63, 3.8) is 0 Å². The van der Waals surface area contributed by atoms with E-state index in [9.17, 15) is 14.4 Å². The first-order chi connectivity index (χ1) is 11.2. The molecule has 1 aliphatic rings. The van der Waals surface area contributed by atoms with Crippen LogP contribution in [0.1, 0.15) is 43.1 Å². The Morgan fingerprint density at radius 3 is 3.17 bits per heavy atom. The number of esters is 1. The van der Waals surface area contributed by atoms with Crippen LogP contribution < -0.4 is 0 Å². The largest absolute Gasteiger partial charge is 0.461 e. The predicted octanol–water partition coefficient (Wildman–Crippen LogP) is 2.38. The molecule has 23 heavy (non-hydrogen) atoms. The zero-order chi connectivity index (χ0) is 16.7. The molecule has 1 saturated heterocycles. The first-order valence-electron chi connectivity index (χ1n) is 7.66. The molecule has 1 aromatic rings. The Hall–Kier alpha value is -1.41. The number of thioether (sulfide) groups is 1. The van der Waals surface area contributed by atoms with Crippen LogP contribution in [0.25, 0.3) is 0 Å². The standard InChI is InChI=1S/C15H20N2O4S2/c1-2-3-7-21-14(20)12-10-23-15(16-12)22-8-6-17-11(9-18)4-5-13(17)19/h9-11H,2-8H2,1H3/t11-/m1/s1. The van der Waals surface area contributed by atoms with Crippen molar-refractivity contribution in [2.24, 2.45) is 0 Å². The minimum atomic E-state index is -0.391. The van der Waals surface area contributed by atoms with Gasteiger partial charge in [-0.25, -0.2) is 9.78 Å². The van der Waals surface area contributed by atoms with E-state index in [4.69, 9.17) is 4.74 Å². The van der Waals surface area contributed by atoms with E-state index in [1.54, 1.807) is 10.3 Å². The van der Waals surface area contributed by atoms with Gasteiger partial charge in [-0.05, 0) is 12.8 Å². The molecule has 2 heterocycles. The van der Waals surface area contributed by atoms with E-state index in [1.807, 2.05) is 6.92 Å². The first kappa shape index (κ1) is 17.9. The molecule has 6 nitrogen and oxygen atoms in total. The zero-order valence-corrected chi connectivity index (χ0v) is 14.7. The Morgan fingerprint density at radius 1 is 1.61 bits per heavy atom. The van der Waals surface area contributed by atoms with E-state index in [1.165, 1.54) is 23.1 Å². The van der Waals surface area contributed by atoms with Gasteiger partial charge in [-0.15, -0.1) is 11.3 Å². The normalized spacial score (nSPS) is 17.5. The highest BCUT2D eigenvalue weighted by atomic mass is 32.2. The average molecular weight is 356 g/mol. The Bertz CT molecular complexity index is 561. The van der Waals surface area contributed by atoms with E-state index in [2.05, 4.69) is 4.98 Å². The molecule has 0 aromatic carbocycles. The number of amides is 1. The van der Waals surface area contributed by atoms with Gasteiger partial charge in [0, 0.05) is 24.1 Å². The highest BCUT2D eigenvalue weighted by Crippen LogP contribution is 2.24. The van der Waals surface area contributed by atoms with Crippen LogP contribution in [-0.2, 0) is 14.3 Å². The summed E-state index contributed by atoms with van der Waals surface area (Å²) in [7, 11) is 0. The van der Waals surface area contributed by atoms with Gasteiger partial charge in [-0.3, -0.25) is 4.79 Å². The van der Waals surface area contributed by atoms with Gasteiger partial charge in [-0.1, -0.05) is 25.1 Å². The fourth-order valence-electron chi connectivity index (χ4n) is 2.22. The second-order valence-corrected chi connectivity index (χ2v) is 7.37. The number of aldehydes is 1. The molecule has 2 rings (SSSR count). The van der Waals surface area contributed by atoms with Crippen molar-refractivity contribution in [1.82, 2.24) is 9.88 Å². The molecular weight excluding hydrogens is 336 g/mol. The van der Waals surface area contributed by atoms with Crippen LogP contribution in [0.3, 0.4) is 0 Å². The van der Waals surface area contributed by atoms with Gasteiger partial charge >= 0.3 is 5.97 Å². The Labute approximate surface area is 143 Å². The minimum Gasteiger partial charge on any atom is -0.461 e. The molecule has 1 atom stereocenters. The molecule has 0 unspecified atom stereocenters. The summed E-state index contributed by atoms with van der Waals surface area (Å²) in [6, 6.07) is -0.288. The van der Waals surface area contributed by atoms with Gasteiger partial charge in [0.2, 0.25) is 5.91 Å². The van der Waals surface area contributed by atoms with Crippen LogP contribution >= 0.6 is 23.1 Å². The van der Waals surface area contributed by atoms with Crippen LogP contribution in [0.2, 0.25) is 0 Å². The number of thiazole rings is 1. The summed E-state index contributed by atoms with van der Waals surface area (Å²) in [5.41, 5.74) is 0.330. The number of rotatable bonds is 9. The summed E-state index contributed by atoms with van der Waals surface area (Å²) in [4.78, 5) is 40.2. The van der Waals surface area contributed by atoms with Crippen molar-refractivity contribution in [3.8, 4) is 0 Å². The molecule has 0 N–H and O–H groups in total. The van der Waals surface area contributed by atoms with Crippen LogP contribution in [0.5, 0.6) is 0 Å². The summed E-state index contributed by atoms with van der Waals surface area (Å²) < 4.78 is 5.88. The van der Waals surface area contributed by atoms with Crippen LogP contribution in [-0.4, -0.2) is 53.0 Å². The predicted molar refractivity (Wildman–Crippen MR) is 88.8 cm³/mol. The minimum absolute atomic E-state index is 0.0297. The van der Waals surface area contributed by atoms with E-state index in [0.717, 1.165) is 23.5 Å². The summed E-state index contributed by atoms with van der Waals surface area (Å²) in [6.45, 7) is 2.97. The third-order valence-corrected chi connectivity index (χ3v) is 5.51. The van der Waals surface area contributed by atoms with E-state index >= 15 is 0 Å². The molecule has 1 amide bonds. The summed E-state index contributed by atoms with van der Waals surface area (Å²) in [5.74, 6) is 0.285. The number of aromatic nitrogens is 1.